The zero-order chi connectivity index (χ0) is 46.6. The predicted molar refractivity (Wildman–Crippen MR) is 274 cm³/mol. The summed E-state index contributed by atoms with van der Waals surface area (Å²) in [6, 6.07) is 27.0. The van der Waals surface area contributed by atoms with Gasteiger partial charge in [-0.05, 0) is 117 Å². The normalized spacial score (nSPS) is 13.2. The molecule has 4 aromatic rings. The second-order valence-electron chi connectivity index (χ2n) is 18.8. The van der Waals surface area contributed by atoms with Gasteiger partial charge >= 0.3 is 55.4 Å². The van der Waals surface area contributed by atoms with Crippen molar-refractivity contribution in [3.8, 4) is 0 Å². The fourth-order valence-electron chi connectivity index (χ4n) is 8.48. The summed E-state index contributed by atoms with van der Waals surface area (Å²) in [6.45, 7) is 41.1. The molecule has 0 fully saturated rings. The maximum atomic E-state index is 4.49. The SMILES string of the molecule is CC(C)c1cccc(C(C)C)c1N1C=CN(c2c(C(C)C)cccc2C(C)C)[CH-]1.CC(C)c1cccc(C(C)C)c1N1C=CN(c2c(C(C)C)cccc2C(C)C)[CH-]1.O.O.[Cl][Pd+].[Cl][Pd+]. The van der Waals surface area contributed by atoms with E-state index in [0.29, 0.717) is 47.3 Å². The Morgan fingerprint density at radius 2 is 0.422 bits per heavy atom. The Balaban J connectivity index is 0.000000577. The Bertz CT molecular complexity index is 1690. The van der Waals surface area contributed by atoms with Gasteiger partial charge in [0, 0.05) is 22.7 Å². The monoisotopic (exact) mass is 1100 g/mol. The average Bonchev–Trinajstić information content (AvgIpc) is 3.95. The molecule has 6 nitrogen and oxygen atoms in total. The number of para-hydroxylation sites is 4. The van der Waals surface area contributed by atoms with Crippen LogP contribution in [0.4, 0.5) is 22.7 Å². The molecule has 0 atom stereocenters. The van der Waals surface area contributed by atoms with Crippen molar-refractivity contribution in [1.82, 2.24) is 0 Å². The third-order valence-electron chi connectivity index (χ3n) is 11.7. The Kier molecular flexibility index (Phi) is 25.9. The van der Waals surface area contributed by atoms with Crippen molar-refractivity contribution in [1.29, 1.82) is 0 Å². The number of benzene rings is 4. The van der Waals surface area contributed by atoms with Crippen molar-refractivity contribution in [2.24, 2.45) is 0 Å². The summed E-state index contributed by atoms with van der Waals surface area (Å²) in [5.74, 6) is 3.84. The number of anilines is 4. The van der Waals surface area contributed by atoms with Gasteiger partial charge in [-0.3, -0.25) is 0 Å². The van der Waals surface area contributed by atoms with Crippen molar-refractivity contribution in [2.75, 3.05) is 19.6 Å². The first kappa shape index (κ1) is 59.4. The molecule has 0 amide bonds. The third-order valence-corrected chi connectivity index (χ3v) is 11.7. The van der Waals surface area contributed by atoms with E-state index in [-0.39, 0.29) is 11.0 Å². The van der Waals surface area contributed by atoms with Crippen LogP contribution in [0, 0.1) is 13.3 Å². The summed E-state index contributed by atoms with van der Waals surface area (Å²) >= 11 is 4.44. The Labute approximate surface area is 419 Å². The van der Waals surface area contributed by atoms with Crippen LogP contribution in [0.2, 0.25) is 0 Å². The van der Waals surface area contributed by atoms with Crippen molar-refractivity contribution < 1.29 is 47.3 Å². The first-order chi connectivity index (χ1) is 29.4. The number of hydrogen-bond donors (Lipinski definition) is 0. The minimum atomic E-state index is 0. The van der Waals surface area contributed by atoms with Crippen molar-refractivity contribution >= 4 is 41.8 Å². The molecule has 0 saturated carbocycles. The van der Waals surface area contributed by atoms with Crippen LogP contribution in [-0.2, 0) is 36.4 Å². The van der Waals surface area contributed by atoms with E-state index in [0.717, 1.165) is 0 Å². The van der Waals surface area contributed by atoms with Crippen LogP contribution in [0.3, 0.4) is 0 Å². The van der Waals surface area contributed by atoms with E-state index in [1.807, 2.05) is 0 Å². The Morgan fingerprint density at radius 1 is 0.297 bits per heavy atom. The van der Waals surface area contributed by atoms with E-state index in [1.165, 1.54) is 67.3 Å². The van der Waals surface area contributed by atoms with E-state index in [1.54, 1.807) is 0 Å². The van der Waals surface area contributed by atoms with Crippen LogP contribution < -0.4 is 19.6 Å². The van der Waals surface area contributed by atoms with Gasteiger partial charge < -0.3 is 30.6 Å². The first-order valence-corrected chi connectivity index (χ1v) is 26.4. The van der Waals surface area contributed by atoms with Crippen LogP contribution >= 0.6 is 19.1 Å². The zero-order valence-corrected chi connectivity index (χ0v) is 45.8. The van der Waals surface area contributed by atoms with Crippen molar-refractivity contribution in [3.63, 3.8) is 0 Å². The number of hydrogen-bond acceptors (Lipinski definition) is 4. The fourth-order valence-corrected chi connectivity index (χ4v) is 8.48. The van der Waals surface area contributed by atoms with E-state index < -0.39 is 0 Å². The molecular formula is C54H78Cl2N4O2Pd2. The molecule has 10 heteroatoms. The summed E-state index contributed by atoms with van der Waals surface area (Å²) in [5, 5.41) is 0. The number of rotatable bonds is 12. The second kappa shape index (κ2) is 27.9. The second-order valence-corrected chi connectivity index (χ2v) is 18.8. The molecule has 2 aliphatic heterocycles. The van der Waals surface area contributed by atoms with Gasteiger partial charge in [-0.15, -0.1) is 13.3 Å². The molecule has 2 aliphatic rings. The molecular weight excluding hydrogens is 1020 g/mol. The van der Waals surface area contributed by atoms with Crippen LogP contribution in [0.5, 0.6) is 0 Å². The topological polar surface area (TPSA) is 76.0 Å². The van der Waals surface area contributed by atoms with E-state index >= 15 is 0 Å². The standard InChI is InChI=1S/2C27H37N2.2ClH.2H2O.2Pd/c2*1-18(2)22-11-9-12-23(19(3)4)26(22)28-15-16-29(17-28)27-24(20(5)6)13-10-14-25(27)21(7)8;;;;;;/h2*9-21H,1-8H3;2*1H;2*1H2;;/q2*-1;;;;;2*+2/p-2. The molecule has 0 saturated heterocycles. The van der Waals surface area contributed by atoms with Gasteiger partial charge in [0.15, 0.2) is 0 Å². The molecule has 2 heterocycles. The Hall–Kier alpha value is -2.62. The molecule has 360 valence electrons. The van der Waals surface area contributed by atoms with Crippen LogP contribution in [0.15, 0.2) is 97.6 Å². The van der Waals surface area contributed by atoms with Gasteiger partial charge in [0.25, 0.3) is 0 Å². The van der Waals surface area contributed by atoms with Gasteiger partial charge in [0.1, 0.15) is 0 Å². The van der Waals surface area contributed by atoms with Gasteiger partial charge in [0.2, 0.25) is 0 Å². The number of halogens is 2. The Morgan fingerprint density at radius 3 is 0.531 bits per heavy atom. The van der Waals surface area contributed by atoms with Gasteiger partial charge in [-0.1, -0.05) is 184 Å². The van der Waals surface area contributed by atoms with Crippen LogP contribution in [-0.4, -0.2) is 11.0 Å². The van der Waals surface area contributed by atoms with Crippen molar-refractivity contribution in [3.05, 3.63) is 155 Å². The van der Waals surface area contributed by atoms with Crippen LogP contribution in [0.25, 0.3) is 0 Å². The maximum absolute atomic E-state index is 4.49. The molecule has 0 aliphatic carbocycles. The summed E-state index contributed by atoms with van der Waals surface area (Å²) in [4.78, 5) is 9.30. The minimum absolute atomic E-state index is 0. The van der Waals surface area contributed by atoms with E-state index in [9.17, 15) is 0 Å². The first-order valence-electron chi connectivity index (χ1n) is 22.4. The van der Waals surface area contributed by atoms with Gasteiger partial charge in [0.05, 0.1) is 0 Å². The summed E-state index contributed by atoms with van der Waals surface area (Å²) in [5.41, 5.74) is 16.6. The molecule has 0 unspecified atom stereocenters. The van der Waals surface area contributed by atoms with Crippen LogP contribution in [0.1, 0.15) is 203 Å². The number of nitrogens with zero attached hydrogens (tertiary/aromatic N) is 4. The van der Waals surface area contributed by atoms with Crippen molar-refractivity contribution in [2.45, 2.75) is 158 Å². The zero-order valence-electron chi connectivity index (χ0n) is 41.2. The molecule has 0 bridgehead atoms. The van der Waals surface area contributed by atoms with E-state index in [4.69, 9.17) is 0 Å². The molecule has 4 aromatic carbocycles. The summed E-state index contributed by atoms with van der Waals surface area (Å²) in [6.07, 6.45) is 8.87. The average molecular weight is 1100 g/mol. The molecule has 0 spiro atoms. The predicted octanol–water partition coefficient (Wildman–Crippen LogP) is 15.9. The molecule has 4 N–H and O–H groups in total. The summed E-state index contributed by atoms with van der Waals surface area (Å²) < 4.78 is 0. The van der Waals surface area contributed by atoms with Gasteiger partial charge in [-0.25, -0.2) is 0 Å². The quantitative estimate of drug-likeness (QED) is 0.105. The molecule has 0 radical (unpaired) electrons. The molecule has 6 rings (SSSR count). The third kappa shape index (κ3) is 14.2. The fraction of sp³-hybridized carbons (Fsp3) is 0.444. The summed E-state index contributed by atoms with van der Waals surface area (Å²) in [7, 11) is 8.98. The van der Waals surface area contributed by atoms with E-state index in [2.05, 4.69) is 297 Å². The van der Waals surface area contributed by atoms with Gasteiger partial charge in [-0.2, -0.15) is 0 Å². The molecule has 64 heavy (non-hydrogen) atoms. The molecule has 0 aromatic heterocycles.